The van der Waals surface area contributed by atoms with E-state index in [1.54, 1.807) is 41.0 Å². The van der Waals surface area contributed by atoms with E-state index in [9.17, 15) is 18.5 Å². The average Bonchev–Trinajstić information content (AvgIpc) is 2.61. The van der Waals surface area contributed by atoms with Gasteiger partial charge in [-0.15, -0.1) is 0 Å². The van der Waals surface area contributed by atoms with Crippen LogP contribution in [-0.4, -0.2) is 57.1 Å². The highest BCUT2D eigenvalue weighted by molar-refractivity contribution is 7.95. The van der Waals surface area contributed by atoms with Crippen LogP contribution < -0.4 is 0 Å². The van der Waals surface area contributed by atoms with Crippen LogP contribution in [0.3, 0.4) is 0 Å². The summed E-state index contributed by atoms with van der Waals surface area (Å²) >= 11 is 0. The minimum Gasteiger partial charge on any atom is -0.450 e. The lowest BCUT2D eigenvalue weighted by Gasteiger charge is -2.33. The van der Waals surface area contributed by atoms with Crippen molar-refractivity contribution in [2.24, 2.45) is 0 Å². The van der Waals surface area contributed by atoms with E-state index in [1.807, 2.05) is 0 Å². The summed E-state index contributed by atoms with van der Waals surface area (Å²) in [7, 11) is -3.84. The summed E-state index contributed by atoms with van der Waals surface area (Å²) in [5, 5.41) is 9.26. The zero-order valence-electron chi connectivity index (χ0n) is 13.4. The third-order valence-corrected chi connectivity index (χ3v) is 5.26. The number of rotatable bonds is 4. The molecular formula is C16H19N3O4S. The second-order valence-electron chi connectivity index (χ2n) is 5.14. The third-order valence-electron chi connectivity index (χ3n) is 3.59. The zero-order valence-corrected chi connectivity index (χ0v) is 14.2. The molecule has 24 heavy (non-hydrogen) atoms. The zero-order chi connectivity index (χ0) is 17.6. The highest BCUT2D eigenvalue weighted by atomic mass is 32.2. The minimum atomic E-state index is -3.84. The Hall–Kier alpha value is -2.53. The quantitative estimate of drug-likeness (QED) is 0.767. The summed E-state index contributed by atoms with van der Waals surface area (Å²) in [5.74, 6) is 0. The van der Waals surface area contributed by atoms with Gasteiger partial charge in [-0.05, 0) is 19.1 Å². The molecule has 0 radical (unpaired) electrons. The predicted octanol–water partition coefficient (Wildman–Crippen LogP) is 1.60. The van der Waals surface area contributed by atoms with Gasteiger partial charge in [0.25, 0.3) is 0 Å². The van der Waals surface area contributed by atoms with Crippen LogP contribution in [0.1, 0.15) is 6.92 Å². The predicted molar refractivity (Wildman–Crippen MR) is 87.5 cm³/mol. The molecule has 128 valence electrons. The number of nitriles is 1. The number of allylic oxidation sites excluding steroid dienone is 1. The molecule has 1 heterocycles. The molecule has 1 aromatic carbocycles. The van der Waals surface area contributed by atoms with Gasteiger partial charge in [0.1, 0.15) is 6.07 Å². The van der Waals surface area contributed by atoms with E-state index < -0.39 is 9.84 Å². The van der Waals surface area contributed by atoms with Gasteiger partial charge in [-0.2, -0.15) is 5.26 Å². The molecule has 0 spiro atoms. The molecule has 7 nitrogen and oxygen atoms in total. The number of carbonyl (C=O) groups excluding carboxylic acids is 1. The van der Waals surface area contributed by atoms with Crippen molar-refractivity contribution in [1.29, 1.82) is 5.26 Å². The molecule has 0 saturated carbocycles. The van der Waals surface area contributed by atoms with Crippen LogP contribution in [0.25, 0.3) is 0 Å². The SMILES string of the molecule is CCOC(=O)N1CCN(C=C(C#N)S(=O)(=O)c2ccccc2)CC1. The number of piperazine rings is 1. The van der Waals surface area contributed by atoms with Gasteiger partial charge >= 0.3 is 6.09 Å². The van der Waals surface area contributed by atoms with Crippen LogP contribution in [0.5, 0.6) is 0 Å². The summed E-state index contributed by atoms with van der Waals surface area (Å²) in [4.78, 5) is 14.7. The molecule has 1 aliphatic heterocycles. The molecule has 1 aromatic rings. The lowest BCUT2D eigenvalue weighted by atomic mass is 10.3. The van der Waals surface area contributed by atoms with Crippen molar-refractivity contribution < 1.29 is 17.9 Å². The molecule has 0 bridgehead atoms. The Balaban J connectivity index is 2.10. The molecule has 1 saturated heterocycles. The average molecular weight is 349 g/mol. The molecule has 8 heteroatoms. The summed E-state index contributed by atoms with van der Waals surface area (Å²) in [6, 6.07) is 9.62. The number of sulfone groups is 1. The third kappa shape index (κ3) is 4.06. The number of amides is 1. The molecule has 0 unspecified atom stereocenters. The number of benzene rings is 1. The maximum atomic E-state index is 12.5. The van der Waals surface area contributed by atoms with Crippen LogP contribution in [0.2, 0.25) is 0 Å². The largest absolute Gasteiger partial charge is 0.450 e. The van der Waals surface area contributed by atoms with Gasteiger partial charge in [-0.3, -0.25) is 0 Å². The van der Waals surface area contributed by atoms with Crippen LogP contribution in [0.4, 0.5) is 4.79 Å². The van der Waals surface area contributed by atoms with Gasteiger partial charge in [0.2, 0.25) is 9.84 Å². The van der Waals surface area contributed by atoms with Crippen molar-refractivity contribution >= 4 is 15.9 Å². The second kappa shape index (κ2) is 7.84. The number of hydrogen-bond donors (Lipinski definition) is 0. The maximum absolute atomic E-state index is 12.5. The maximum Gasteiger partial charge on any atom is 0.409 e. The van der Waals surface area contributed by atoms with E-state index in [1.165, 1.54) is 18.3 Å². The monoisotopic (exact) mass is 349 g/mol. The topological polar surface area (TPSA) is 90.7 Å². The Morgan fingerprint density at radius 3 is 2.42 bits per heavy atom. The first-order valence-electron chi connectivity index (χ1n) is 7.57. The molecule has 2 rings (SSSR count). The smallest absolute Gasteiger partial charge is 0.409 e. The number of hydrogen-bond acceptors (Lipinski definition) is 6. The Bertz CT molecular complexity index is 745. The lowest BCUT2D eigenvalue weighted by molar-refractivity contribution is 0.0890. The van der Waals surface area contributed by atoms with E-state index in [4.69, 9.17) is 4.74 Å². The lowest BCUT2D eigenvalue weighted by Crippen LogP contribution is -2.47. The Morgan fingerprint density at radius 1 is 1.25 bits per heavy atom. The number of ether oxygens (including phenoxy) is 1. The fourth-order valence-electron chi connectivity index (χ4n) is 2.30. The van der Waals surface area contributed by atoms with Crippen molar-refractivity contribution in [3.8, 4) is 6.07 Å². The first-order valence-corrected chi connectivity index (χ1v) is 9.05. The molecular weight excluding hydrogens is 330 g/mol. The van der Waals surface area contributed by atoms with Crippen LogP contribution in [-0.2, 0) is 14.6 Å². The van der Waals surface area contributed by atoms with E-state index in [-0.39, 0.29) is 15.9 Å². The fourth-order valence-corrected chi connectivity index (χ4v) is 3.48. The van der Waals surface area contributed by atoms with E-state index in [2.05, 4.69) is 0 Å². The standard InChI is InChI=1S/C16H19N3O4S/c1-2-23-16(20)19-10-8-18(9-11-19)13-15(12-17)24(21,22)14-6-4-3-5-7-14/h3-7,13H,2,8-11H2,1H3. The Labute approximate surface area is 141 Å². The van der Waals surface area contributed by atoms with Gasteiger partial charge in [0, 0.05) is 32.4 Å². The molecule has 0 aromatic heterocycles. The molecule has 1 fully saturated rings. The van der Waals surface area contributed by atoms with E-state index >= 15 is 0 Å². The first kappa shape index (κ1) is 17.8. The van der Waals surface area contributed by atoms with Crippen molar-refractivity contribution in [3.63, 3.8) is 0 Å². The van der Waals surface area contributed by atoms with Crippen molar-refractivity contribution in [3.05, 3.63) is 41.4 Å². The van der Waals surface area contributed by atoms with Gasteiger partial charge in [-0.25, -0.2) is 13.2 Å². The van der Waals surface area contributed by atoms with Crippen molar-refractivity contribution in [1.82, 2.24) is 9.80 Å². The molecule has 0 aliphatic carbocycles. The molecule has 0 atom stereocenters. The molecule has 1 amide bonds. The van der Waals surface area contributed by atoms with Crippen LogP contribution in [0.15, 0.2) is 46.3 Å². The van der Waals surface area contributed by atoms with E-state index in [0.717, 1.165) is 0 Å². The van der Waals surface area contributed by atoms with Gasteiger partial charge in [-0.1, -0.05) is 18.2 Å². The second-order valence-corrected chi connectivity index (χ2v) is 7.06. The van der Waals surface area contributed by atoms with Gasteiger partial charge in [0.15, 0.2) is 4.91 Å². The Morgan fingerprint density at radius 2 is 1.88 bits per heavy atom. The van der Waals surface area contributed by atoms with Gasteiger partial charge < -0.3 is 14.5 Å². The highest BCUT2D eigenvalue weighted by Gasteiger charge is 2.24. The number of nitrogens with zero attached hydrogens (tertiary/aromatic N) is 3. The first-order chi connectivity index (χ1) is 11.5. The van der Waals surface area contributed by atoms with Crippen LogP contribution >= 0.6 is 0 Å². The highest BCUT2D eigenvalue weighted by Crippen LogP contribution is 2.19. The molecule has 0 N–H and O–H groups in total. The summed E-state index contributed by atoms with van der Waals surface area (Å²) in [6.07, 6.45) is 0.976. The summed E-state index contributed by atoms with van der Waals surface area (Å²) in [6.45, 7) is 3.76. The van der Waals surface area contributed by atoms with Crippen LogP contribution in [0, 0.1) is 11.3 Å². The van der Waals surface area contributed by atoms with Crippen molar-refractivity contribution in [2.45, 2.75) is 11.8 Å². The molecule has 1 aliphatic rings. The Kier molecular flexibility index (Phi) is 5.82. The fraction of sp³-hybridized carbons (Fsp3) is 0.375. The van der Waals surface area contributed by atoms with Crippen molar-refractivity contribution in [2.75, 3.05) is 32.8 Å². The summed E-state index contributed by atoms with van der Waals surface area (Å²) < 4.78 is 29.9. The number of carbonyl (C=O) groups is 1. The normalized spacial score (nSPS) is 15.8. The minimum absolute atomic E-state index is 0.0861. The van der Waals surface area contributed by atoms with E-state index in [0.29, 0.717) is 32.8 Å². The van der Waals surface area contributed by atoms with Gasteiger partial charge in [0.05, 0.1) is 11.5 Å². The summed E-state index contributed by atoms with van der Waals surface area (Å²) in [5.41, 5.74) is 0.